The van der Waals surface area contributed by atoms with E-state index in [1.165, 1.54) is 22.0 Å². The lowest BCUT2D eigenvalue weighted by Gasteiger charge is -2.31. The molecule has 3 aromatic rings. The first-order valence-electron chi connectivity index (χ1n) is 10.4. The Morgan fingerprint density at radius 3 is 2.84 bits per heavy atom. The number of hydrogen-bond donors (Lipinski definition) is 0. The van der Waals surface area contributed by atoms with E-state index in [-0.39, 0.29) is 11.7 Å². The molecule has 8 heteroatoms. The van der Waals surface area contributed by atoms with Gasteiger partial charge in [0.2, 0.25) is 21.7 Å². The smallest absolute Gasteiger partial charge is 0.239 e. The second-order valence-electron chi connectivity index (χ2n) is 7.98. The number of allylic oxidation sites excluding steroid dienone is 1. The second-order valence-corrected chi connectivity index (χ2v) is 9.97. The van der Waals surface area contributed by atoms with E-state index in [1.54, 1.807) is 18.2 Å². The molecule has 1 atom stereocenters. The minimum Gasteiger partial charge on any atom is -0.339 e. The first kappa shape index (κ1) is 20.1. The predicted octanol–water partition coefficient (Wildman–Crippen LogP) is 4.37. The summed E-state index contributed by atoms with van der Waals surface area (Å²) < 4.78 is 47.1. The molecule has 1 saturated heterocycles. The van der Waals surface area contributed by atoms with Crippen molar-refractivity contribution in [2.45, 2.75) is 31.6 Å². The van der Waals surface area contributed by atoms with Crippen LogP contribution in [0.5, 0.6) is 0 Å². The Bertz CT molecular complexity index is 1250. The van der Waals surface area contributed by atoms with E-state index in [0.717, 1.165) is 18.4 Å². The van der Waals surface area contributed by atoms with Gasteiger partial charge in [-0.05, 0) is 55.0 Å². The normalized spacial score (nSPS) is 19.6. The van der Waals surface area contributed by atoms with Gasteiger partial charge in [0, 0.05) is 18.7 Å². The van der Waals surface area contributed by atoms with Gasteiger partial charge in [0.15, 0.2) is 0 Å². The number of benzene rings is 2. The largest absolute Gasteiger partial charge is 0.339 e. The van der Waals surface area contributed by atoms with Crippen LogP contribution in [-0.2, 0) is 16.4 Å². The van der Waals surface area contributed by atoms with Crippen molar-refractivity contribution < 1.29 is 17.3 Å². The molecule has 1 aromatic heterocycles. The SMILES string of the molecule is O=S(=O)(C1=Cc2ccccc2CC1)N1CCCC(c2nc(-c3cccc(F)c3)no2)C1. The van der Waals surface area contributed by atoms with E-state index in [2.05, 4.69) is 10.1 Å². The Balaban J connectivity index is 1.37. The third-order valence-electron chi connectivity index (χ3n) is 5.94. The summed E-state index contributed by atoms with van der Waals surface area (Å²) >= 11 is 0. The molecule has 0 amide bonds. The lowest BCUT2D eigenvalue weighted by Crippen LogP contribution is -2.40. The molecule has 0 spiro atoms. The lowest BCUT2D eigenvalue weighted by atomic mass is 9.98. The van der Waals surface area contributed by atoms with Crippen LogP contribution in [0, 0.1) is 5.82 Å². The third-order valence-corrected chi connectivity index (χ3v) is 7.94. The van der Waals surface area contributed by atoms with Gasteiger partial charge in [-0.1, -0.05) is 41.6 Å². The van der Waals surface area contributed by atoms with E-state index < -0.39 is 10.0 Å². The summed E-state index contributed by atoms with van der Waals surface area (Å²) in [6.45, 7) is 0.773. The second kappa shape index (κ2) is 8.01. The van der Waals surface area contributed by atoms with Crippen molar-refractivity contribution >= 4 is 16.1 Å². The maximum Gasteiger partial charge on any atom is 0.239 e. The van der Waals surface area contributed by atoms with Crippen molar-refractivity contribution in [2.24, 2.45) is 0 Å². The van der Waals surface area contributed by atoms with E-state index in [1.807, 2.05) is 24.3 Å². The predicted molar refractivity (Wildman–Crippen MR) is 115 cm³/mol. The van der Waals surface area contributed by atoms with Gasteiger partial charge in [0.25, 0.3) is 0 Å². The molecule has 160 valence electrons. The van der Waals surface area contributed by atoms with Crippen LogP contribution in [0.1, 0.15) is 42.2 Å². The van der Waals surface area contributed by atoms with Gasteiger partial charge in [-0.3, -0.25) is 0 Å². The molecule has 6 nitrogen and oxygen atoms in total. The van der Waals surface area contributed by atoms with E-state index in [9.17, 15) is 12.8 Å². The number of fused-ring (bicyclic) bond motifs is 1. The molecule has 1 aliphatic heterocycles. The standard InChI is InChI=1S/C23H22FN3O3S/c24-20-9-3-7-18(13-20)22-25-23(30-26-22)19-8-4-12-27(15-19)31(28,29)21-11-10-16-5-1-2-6-17(16)14-21/h1-3,5-7,9,13-14,19H,4,8,10-12,15H2. The fraction of sp³-hybridized carbons (Fsp3) is 0.304. The van der Waals surface area contributed by atoms with Gasteiger partial charge in [0.05, 0.1) is 10.8 Å². The highest BCUT2D eigenvalue weighted by Crippen LogP contribution is 2.34. The Morgan fingerprint density at radius 2 is 1.97 bits per heavy atom. The van der Waals surface area contributed by atoms with Crippen LogP contribution in [0.15, 0.2) is 58.0 Å². The Kier molecular flexibility index (Phi) is 5.19. The Labute approximate surface area is 180 Å². The van der Waals surface area contributed by atoms with Gasteiger partial charge in [0.1, 0.15) is 5.82 Å². The van der Waals surface area contributed by atoms with Crippen molar-refractivity contribution in [2.75, 3.05) is 13.1 Å². The summed E-state index contributed by atoms with van der Waals surface area (Å²) in [5, 5.41) is 3.97. The number of hydrogen-bond acceptors (Lipinski definition) is 5. The molecule has 1 aliphatic carbocycles. The van der Waals surface area contributed by atoms with E-state index >= 15 is 0 Å². The summed E-state index contributed by atoms with van der Waals surface area (Å²) in [7, 11) is -3.56. The fourth-order valence-corrected chi connectivity index (χ4v) is 6.00. The summed E-state index contributed by atoms with van der Waals surface area (Å²) in [6, 6.07) is 13.9. The molecule has 0 saturated carbocycles. The average Bonchev–Trinajstić information content (AvgIpc) is 3.29. The molecular formula is C23H22FN3O3S. The van der Waals surface area contributed by atoms with Crippen LogP contribution in [0.25, 0.3) is 17.5 Å². The van der Waals surface area contributed by atoms with Crippen LogP contribution in [-0.4, -0.2) is 36.0 Å². The highest BCUT2D eigenvalue weighted by molar-refractivity contribution is 7.93. The summed E-state index contributed by atoms with van der Waals surface area (Å²) in [5.41, 5.74) is 2.67. The van der Waals surface area contributed by atoms with E-state index in [0.29, 0.717) is 48.1 Å². The van der Waals surface area contributed by atoms with Crippen LogP contribution in [0.4, 0.5) is 4.39 Å². The molecule has 5 rings (SSSR count). The zero-order valence-corrected chi connectivity index (χ0v) is 17.7. The van der Waals surface area contributed by atoms with Crippen molar-refractivity contribution in [1.29, 1.82) is 0 Å². The van der Waals surface area contributed by atoms with Crippen LogP contribution in [0.3, 0.4) is 0 Å². The zero-order valence-electron chi connectivity index (χ0n) is 16.9. The van der Waals surface area contributed by atoms with Gasteiger partial charge >= 0.3 is 0 Å². The highest BCUT2D eigenvalue weighted by atomic mass is 32.2. The van der Waals surface area contributed by atoms with Gasteiger partial charge in [-0.2, -0.15) is 9.29 Å². The number of piperidine rings is 1. The first-order valence-corrected chi connectivity index (χ1v) is 11.8. The van der Waals surface area contributed by atoms with Crippen molar-refractivity contribution in [3.63, 3.8) is 0 Å². The number of rotatable bonds is 4. The van der Waals surface area contributed by atoms with Crippen LogP contribution in [0.2, 0.25) is 0 Å². The minimum absolute atomic E-state index is 0.185. The summed E-state index contributed by atoms with van der Waals surface area (Å²) in [5.74, 6) is 0.138. The number of nitrogens with zero attached hydrogens (tertiary/aromatic N) is 3. The molecule has 2 heterocycles. The highest BCUT2D eigenvalue weighted by Gasteiger charge is 2.35. The quantitative estimate of drug-likeness (QED) is 0.603. The monoisotopic (exact) mass is 439 g/mol. The molecular weight excluding hydrogens is 417 g/mol. The van der Waals surface area contributed by atoms with Crippen LogP contribution < -0.4 is 0 Å². The molecule has 0 radical (unpaired) electrons. The topological polar surface area (TPSA) is 76.3 Å². The molecule has 2 aromatic carbocycles. The van der Waals surface area contributed by atoms with Gasteiger partial charge in [-0.25, -0.2) is 12.8 Å². The van der Waals surface area contributed by atoms with Gasteiger partial charge < -0.3 is 4.52 Å². The average molecular weight is 440 g/mol. The molecule has 1 unspecified atom stereocenters. The molecule has 0 N–H and O–H groups in total. The third kappa shape index (κ3) is 3.93. The number of halogens is 1. The molecule has 31 heavy (non-hydrogen) atoms. The zero-order chi connectivity index (χ0) is 21.4. The molecule has 2 aliphatic rings. The van der Waals surface area contributed by atoms with Crippen molar-refractivity contribution in [3.8, 4) is 11.4 Å². The Morgan fingerprint density at radius 1 is 1.10 bits per heavy atom. The number of aryl methyl sites for hydroxylation is 1. The fourth-order valence-electron chi connectivity index (χ4n) is 4.28. The number of aromatic nitrogens is 2. The molecule has 0 bridgehead atoms. The Hall–Kier alpha value is -2.84. The van der Waals surface area contributed by atoms with Crippen molar-refractivity contribution in [1.82, 2.24) is 14.4 Å². The first-order chi connectivity index (χ1) is 15.0. The number of sulfonamides is 1. The maximum absolute atomic E-state index is 13.5. The summed E-state index contributed by atoms with van der Waals surface area (Å²) in [4.78, 5) is 4.88. The van der Waals surface area contributed by atoms with E-state index in [4.69, 9.17) is 4.52 Å². The lowest BCUT2D eigenvalue weighted by molar-refractivity contribution is 0.266. The summed E-state index contributed by atoms with van der Waals surface area (Å²) in [6.07, 6.45) is 4.50. The van der Waals surface area contributed by atoms with Crippen molar-refractivity contribution in [3.05, 3.63) is 76.3 Å². The van der Waals surface area contributed by atoms with Gasteiger partial charge in [-0.15, -0.1) is 0 Å². The van der Waals surface area contributed by atoms with Crippen LogP contribution >= 0.6 is 0 Å². The minimum atomic E-state index is -3.56. The molecule has 1 fully saturated rings. The maximum atomic E-state index is 13.5.